The normalized spacial score (nSPS) is 30.2. The Hall–Kier alpha value is -1.10. The van der Waals surface area contributed by atoms with Crippen LogP contribution in [0.4, 0.5) is 0 Å². The minimum Gasteiger partial charge on any atom is -0.508 e. The third-order valence-electron chi connectivity index (χ3n) is 2.94. The Labute approximate surface area is 94.1 Å². The molecule has 0 spiro atoms. The zero-order chi connectivity index (χ0) is 11.5. The molecule has 88 valence electrons. The summed E-state index contributed by atoms with van der Waals surface area (Å²) in [6, 6.07) is 6.81. The molecule has 1 aromatic carbocycles. The van der Waals surface area contributed by atoms with Crippen LogP contribution in [0.2, 0.25) is 0 Å². The number of aliphatic hydroxyl groups is 2. The van der Waals surface area contributed by atoms with Crippen LogP contribution in [0.25, 0.3) is 0 Å². The molecule has 1 fully saturated rings. The summed E-state index contributed by atoms with van der Waals surface area (Å²) in [5.74, 6) is 0.221. The molecular weight excluding hydrogens is 208 g/mol. The maximum absolute atomic E-state index is 9.55. The smallest absolute Gasteiger partial charge is 0.115 e. The molecule has 1 aliphatic rings. The van der Waals surface area contributed by atoms with Crippen molar-refractivity contribution < 1.29 is 20.1 Å². The van der Waals surface area contributed by atoms with E-state index in [1.54, 1.807) is 24.3 Å². The highest BCUT2D eigenvalue weighted by molar-refractivity contribution is 5.27. The van der Waals surface area contributed by atoms with Gasteiger partial charge >= 0.3 is 0 Å². The first-order chi connectivity index (χ1) is 7.70. The molecule has 4 nitrogen and oxygen atoms in total. The molecule has 0 amide bonds. The van der Waals surface area contributed by atoms with Gasteiger partial charge in [-0.15, -0.1) is 0 Å². The molecule has 3 atom stereocenters. The summed E-state index contributed by atoms with van der Waals surface area (Å²) < 4.78 is 5.59. The first kappa shape index (κ1) is 11.4. The van der Waals surface area contributed by atoms with Gasteiger partial charge in [0.1, 0.15) is 11.9 Å². The first-order valence-corrected chi connectivity index (χ1v) is 5.44. The summed E-state index contributed by atoms with van der Waals surface area (Å²) >= 11 is 0. The second kappa shape index (κ2) is 4.82. The summed E-state index contributed by atoms with van der Waals surface area (Å²) in [5.41, 5.74) is 0.961. The van der Waals surface area contributed by atoms with Crippen molar-refractivity contribution in [1.82, 2.24) is 0 Å². The third-order valence-corrected chi connectivity index (χ3v) is 2.94. The highest BCUT2D eigenvalue weighted by Gasteiger charge is 2.29. The largest absolute Gasteiger partial charge is 0.508 e. The van der Waals surface area contributed by atoms with E-state index >= 15 is 0 Å². The minimum absolute atomic E-state index is 0.110. The molecule has 0 radical (unpaired) electrons. The first-order valence-electron chi connectivity index (χ1n) is 5.44. The van der Waals surface area contributed by atoms with E-state index in [1.165, 1.54) is 0 Å². The Morgan fingerprint density at radius 3 is 2.50 bits per heavy atom. The van der Waals surface area contributed by atoms with Crippen molar-refractivity contribution in [2.75, 3.05) is 6.61 Å². The van der Waals surface area contributed by atoms with Crippen LogP contribution >= 0.6 is 0 Å². The molecule has 1 aliphatic heterocycles. The van der Waals surface area contributed by atoms with Gasteiger partial charge in [-0.1, -0.05) is 12.1 Å². The molecule has 0 saturated carbocycles. The van der Waals surface area contributed by atoms with Gasteiger partial charge in [0.2, 0.25) is 0 Å². The minimum atomic E-state index is -0.585. The van der Waals surface area contributed by atoms with Crippen molar-refractivity contribution in [3.05, 3.63) is 29.8 Å². The number of aromatic hydroxyl groups is 1. The number of hydrogen-bond donors (Lipinski definition) is 3. The number of ether oxygens (including phenoxy) is 1. The Morgan fingerprint density at radius 1 is 1.19 bits per heavy atom. The maximum Gasteiger partial charge on any atom is 0.115 e. The Balaban J connectivity index is 2.08. The van der Waals surface area contributed by atoms with E-state index in [9.17, 15) is 10.2 Å². The fraction of sp³-hybridized carbons (Fsp3) is 0.500. The van der Waals surface area contributed by atoms with E-state index < -0.39 is 12.2 Å². The van der Waals surface area contributed by atoms with Gasteiger partial charge in [0, 0.05) is 0 Å². The third kappa shape index (κ3) is 2.35. The molecule has 1 aromatic rings. The lowest BCUT2D eigenvalue weighted by Gasteiger charge is -2.33. The molecule has 0 aromatic heterocycles. The van der Waals surface area contributed by atoms with Crippen LogP contribution in [0.15, 0.2) is 24.3 Å². The van der Waals surface area contributed by atoms with Gasteiger partial charge in [-0.05, 0) is 30.5 Å². The van der Waals surface area contributed by atoms with E-state index in [0.717, 1.165) is 12.0 Å². The van der Waals surface area contributed by atoms with E-state index in [1.807, 2.05) is 0 Å². The SMILES string of the molecule is OC[C@H]1O[C@@H](c2ccc(O)cc2)CC[C@@H]1O. The standard InChI is InChI=1S/C12H16O4/c13-7-12-10(15)5-6-11(16-12)8-1-3-9(14)4-2-8/h1-4,10-15H,5-7H2/t10-,11+,12+/m0/s1. The van der Waals surface area contributed by atoms with Gasteiger partial charge in [-0.25, -0.2) is 0 Å². The maximum atomic E-state index is 9.55. The number of benzene rings is 1. The molecule has 4 heteroatoms. The highest BCUT2D eigenvalue weighted by atomic mass is 16.5. The summed E-state index contributed by atoms with van der Waals surface area (Å²) in [4.78, 5) is 0. The Bertz CT molecular complexity index is 335. The molecular formula is C12H16O4. The lowest BCUT2D eigenvalue weighted by atomic mass is 9.96. The van der Waals surface area contributed by atoms with Crippen LogP contribution in [0.5, 0.6) is 5.75 Å². The average Bonchev–Trinajstić information content (AvgIpc) is 2.31. The van der Waals surface area contributed by atoms with Crippen LogP contribution in [0.3, 0.4) is 0 Å². The van der Waals surface area contributed by atoms with Crippen LogP contribution in [-0.4, -0.2) is 34.1 Å². The number of phenolic OH excluding ortho intramolecular Hbond substituents is 1. The van der Waals surface area contributed by atoms with Crippen molar-refractivity contribution in [3.8, 4) is 5.75 Å². The number of hydrogen-bond acceptors (Lipinski definition) is 4. The Morgan fingerprint density at radius 2 is 1.88 bits per heavy atom. The average molecular weight is 224 g/mol. The van der Waals surface area contributed by atoms with Gasteiger partial charge in [-0.2, -0.15) is 0 Å². The number of phenols is 1. The predicted molar refractivity (Wildman–Crippen MR) is 58.0 cm³/mol. The van der Waals surface area contributed by atoms with E-state index in [-0.39, 0.29) is 18.5 Å². The second-order valence-electron chi connectivity index (χ2n) is 4.08. The number of aliphatic hydroxyl groups excluding tert-OH is 2. The molecule has 3 N–H and O–H groups in total. The van der Waals surface area contributed by atoms with E-state index in [0.29, 0.717) is 6.42 Å². The fourth-order valence-electron chi connectivity index (χ4n) is 1.98. The lowest BCUT2D eigenvalue weighted by molar-refractivity contribution is -0.135. The zero-order valence-electron chi connectivity index (χ0n) is 8.91. The lowest BCUT2D eigenvalue weighted by Crippen LogP contribution is -2.38. The topological polar surface area (TPSA) is 69.9 Å². The van der Waals surface area contributed by atoms with Gasteiger partial charge in [0.25, 0.3) is 0 Å². The van der Waals surface area contributed by atoms with Crippen LogP contribution in [0, 0.1) is 0 Å². The van der Waals surface area contributed by atoms with Gasteiger partial charge in [-0.3, -0.25) is 0 Å². The molecule has 16 heavy (non-hydrogen) atoms. The van der Waals surface area contributed by atoms with Gasteiger partial charge in [0.05, 0.1) is 18.8 Å². The Kier molecular flexibility index (Phi) is 3.43. The van der Waals surface area contributed by atoms with Crippen LogP contribution < -0.4 is 0 Å². The van der Waals surface area contributed by atoms with E-state index in [2.05, 4.69) is 0 Å². The highest BCUT2D eigenvalue weighted by Crippen LogP contribution is 2.31. The van der Waals surface area contributed by atoms with Gasteiger partial charge in [0.15, 0.2) is 0 Å². The monoisotopic (exact) mass is 224 g/mol. The molecule has 1 saturated heterocycles. The van der Waals surface area contributed by atoms with Crippen molar-refractivity contribution in [3.63, 3.8) is 0 Å². The second-order valence-corrected chi connectivity index (χ2v) is 4.08. The van der Waals surface area contributed by atoms with Crippen molar-refractivity contribution >= 4 is 0 Å². The molecule has 0 bridgehead atoms. The summed E-state index contributed by atoms with van der Waals surface area (Å²) in [7, 11) is 0. The van der Waals surface area contributed by atoms with Crippen LogP contribution in [0.1, 0.15) is 24.5 Å². The zero-order valence-corrected chi connectivity index (χ0v) is 8.91. The molecule has 1 heterocycles. The summed E-state index contributed by atoms with van der Waals surface area (Å²) in [6.07, 6.45) is 0.145. The summed E-state index contributed by atoms with van der Waals surface area (Å²) in [6.45, 7) is -0.171. The molecule has 0 aliphatic carbocycles. The molecule has 0 unspecified atom stereocenters. The summed E-state index contributed by atoms with van der Waals surface area (Å²) in [5, 5.41) is 27.8. The quantitative estimate of drug-likeness (QED) is 0.700. The number of rotatable bonds is 2. The molecule has 2 rings (SSSR count). The van der Waals surface area contributed by atoms with Gasteiger partial charge < -0.3 is 20.1 Å². The van der Waals surface area contributed by atoms with Crippen molar-refractivity contribution in [2.45, 2.75) is 31.2 Å². The van der Waals surface area contributed by atoms with E-state index in [4.69, 9.17) is 9.84 Å². The van der Waals surface area contributed by atoms with Crippen molar-refractivity contribution in [1.29, 1.82) is 0 Å². The van der Waals surface area contributed by atoms with Crippen molar-refractivity contribution in [2.24, 2.45) is 0 Å². The van der Waals surface area contributed by atoms with Crippen LogP contribution in [-0.2, 0) is 4.74 Å². The fourth-order valence-corrected chi connectivity index (χ4v) is 1.98. The predicted octanol–water partition coefficient (Wildman–Crippen LogP) is 0.966.